The number of halogens is 4. The first-order chi connectivity index (χ1) is 16.8. The molecule has 2 aliphatic rings. The molecule has 2 N–H and O–H groups in total. The fourth-order valence-electron chi connectivity index (χ4n) is 5.34. The lowest BCUT2D eigenvalue weighted by atomic mass is 9.77. The molecular formula is C24H23ClF3NO6S. The number of esters is 1. The third-order valence-electron chi connectivity index (χ3n) is 6.77. The van der Waals surface area contributed by atoms with Crippen molar-refractivity contribution in [3.63, 3.8) is 0 Å². The molecule has 0 heterocycles. The minimum Gasteiger partial charge on any atom is -0.463 e. The van der Waals surface area contributed by atoms with Gasteiger partial charge in [0.2, 0.25) is 0 Å². The lowest BCUT2D eigenvalue weighted by Gasteiger charge is -2.40. The minimum atomic E-state index is -4.06. The van der Waals surface area contributed by atoms with Gasteiger partial charge in [-0.05, 0) is 55.7 Å². The Kier molecular flexibility index (Phi) is 7.11. The second kappa shape index (κ2) is 9.68. The van der Waals surface area contributed by atoms with Crippen LogP contribution in [0.5, 0.6) is 0 Å². The average molecular weight is 546 g/mol. The number of fused-ring (bicyclic) bond motifs is 2. The van der Waals surface area contributed by atoms with Crippen molar-refractivity contribution in [2.75, 3.05) is 11.9 Å². The van der Waals surface area contributed by atoms with Crippen molar-refractivity contribution in [2.24, 2.45) is 11.8 Å². The summed E-state index contributed by atoms with van der Waals surface area (Å²) in [5.74, 6) is -6.91. The predicted molar refractivity (Wildman–Crippen MR) is 124 cm³/mol. The Morgan fingerprint density at radius 1 is 1.11 bits per heavy atom. The Hall–Kier alpha value is -2.63. The Bertz CT molecular complexity index is 1300. The summed E-state index contributed by atoms with van der Waals surface area (Å²) < 4.78 is 72.5. The molecule has 2 aromatic rings. The average Bonchev–Trinajstić information content (AvgIpc) is 3.09. The number of amides is 1. The number of anilines is 1. The fourth-order valence-corrected chi connectivity index (χ4v) is 8.18. The maximum absolute atomic E-state index is 13.7. The van der Waals surface area contributed by atoms with E-state index in [2.05, 4.69) is 5.32 Å². The minimum absolute atomic E-state index is 0.106. The fraction of sp³-hybridized carbons (Fsp3) is 0.417. The predicted octanol–water partition coefficient (Wildman–Crippen LogP) is 4.27. The Balaban J connectivity index is 1.59. The monoisotopic (exact) mass is 545 g/mol. The van der Waals surface area contributed by atoms with Crippen molar-refractivity contribution < 1.29 is 41.0 Å². The van der Waals surface area contributed by atoms with Gasteiger partial charge in [0.1, 0.15) is 6.61 Å². The molecule has 1 amide bonds. The summed E-state index contributed by atoms with van der Waals surface area (Å²) in [5, 5.41) is 12.1. The van der Waals surface area contributed by atoms with Crippen molar-refractivity contribution in [3.8, 4) is 0 Å². The van der Waals surface area contributed by atoms with Crippen LogP contribution in [0, 0.1) is 29.3 Å². The van der Waals surface area contributed by atoms with E-state index in [4.69, 9.17) is 16.3 Å². The van der Waals surface area contributed by atoms with Crippen LogP contribution in [0.4, 0.5) is 18.9 Å². The third kappa shape index (κ3) is 5.09. The Morgan fingerprint density at radius 2 is 1.69 bits per heavy atom. The van der Waals surface area contributed by atoms with Crippen molar-refractivity contribution >= 4 is 39.0 Å². The van der Waals surface area contributed by atoms with Crippen LogP contribution in [0.1, 0.15) is 43.0 Å². The smallest absolute Gasteiger partial charge is 0.302 e. The van der Waals surface area contributed by atoms with E-state index in [1.54, 1.807) is 0 Å². The highest BCUT2D eigenvalue weighted by molar-refractivity contribution is 7.92. The van der Waals surface area contributed by atoms with Crippen molar-refractivity contribution in [3.05, 3.63) is 58.4 Å². The molecule has 2 saturated carbocycles. The van der Waals surface area contributed by atoms with Gasteiger partial charge >= 0.3 is 5.97 Å². The second-order valence-corrected chi connectivity index (χ2v) is 11.9. The molecule has 0 saturated heterocycles. The molecule has 2 aromatic carbocycles. The van der Waals surface area contributed by atoms with Gasteiger partial charge in [-0.2, -0.15) is 0 Å². The van der Waals surface area contributed by atoms with Gasteiger partial charge in [-0.15, -0.1) is 0 Å². The molecule has 2 fully saturated rings. The lowest BCUT2D eigenvalue weighted by molar-refractivity contribution is -0.152. The molecule has 0 radical (unpaired) electrons. The number of aliphatic hydroxyl groups is 1. The summed E-state index contributed by atoms with van der Waals surface area (Å²) in [6.07, 6.45) is 1.35. The summed E-state index contributed by atoms with van der Waals surface area (Å²) >= 11 is 6.22. The van der Waals surface area contributed by atoms with E-state index in [1.807, 2.05) is 0 Å². The van der Waals surface area contributed by atoms with E-state index in [0.29, 0.717) is 25.0 Å². The van der Waals surface area contributed by atoms with E-state index >= 15 is 0 Å². The molecule has 7 nitrogen and oxygen atoms in total. The zero-order chi connectivity index (χ0) is 26.4. The quantitative estimate of drug-likeness (QED) is 0.414. The molecule has 4 atom stereocenters. The van der Waals surface area contributed by atoms with E-state index in [0.717, 1.165) is 6.07 Å². The lowest BCUT2D eigenvalue weighted by Crippen LogP contribution is -2.48. The van der Waals surface area contributed by atoms with E-state index < -0.39 is 61.9 Å². The largest absolute Gasteiger partial charge is 0.463 e. The summed E-state index contributed by atoms with van der Waals surface area (Å²) in [6.45, 7) is 1.01. The van der Waals surface area contributed by atoms with Crippen molar-refractivity contribution in [1.82, 2.24) is 0 Å². The van der Waals surface area contributed by atoms with Crippen LogP contribution in [0.25, 0.3) is 0 Å². The molecule has 0 spiro atoms. The van der Waals surface area contributed by atoms with E-state index in [1.165, 1.54) is 19.1 Å². The number of hydrogen-bond donors (Lipinski definition) is 2. The van der Waals surface area contributed by atoms with Gasteiger partial charge in [0.15, 0.2) is 27.3 Å². The van der Waals surface area contributed by atoms with Gasteiger partial charge < -0.3 is 15.2 Å². The van der Waals surface area contributed by atoms with Crippen molar-refractivity contribution in [1.29, 1.82) is 0 Å². The maximum atomic E-state index is 13.7. The maximum Gasteiger partial charge on any atom is 0.302 e. The van der Waals surface area contributed by atoms with Crippen LogP contribution >= 0.6 is 11.6 Å². The van der Waals surface area contributed by atoms with Gasteiger partial charge in [0.05, 0.1) is 20.8 Å². The molecule has 2 aliphatic carbocycles. The SMILES string of the molecule is CC(=O)OC[C@]1(O)CC2CC[C@H](C1)[C@H]2S(=O)(=O)c1cc(C(=O)Nc2cc(F)c(F)c(F)c2)ccc1Cl. The zero-order valence-electron chi connectivity index (χ0n) is 19.1. The highest BCUT2D eigenvalue weighted by atomic mass is 35.5. The van der Waals surface area contributed by atoms with Crippen LogP contribution in [0.15, 0.2) is 35.2 Å². The highest BCUT2D eigenvalue weighted by Crippen LogP contribution is 2.51. The van der Waals surface area contributed by atoms with Gasteiger partial charge in [0, 0.05) is 30.3 Å². The van der Waals surface area contributed by atoms with Crippen LogP contribution in [-0.2, 0) is 19.4 Å². The highest BCUT2D eigenvalue weighted by Gasteiger charge is 2.54. The first kappa shape index (κ1) is 26.4. The van der Waals surface area contributed by atoms with Gasteiger partial charge in [-0.1, -0.05) is 11.6 Å². The number of hydrogen-bond acceptors (Lipinski definition) is 6. The number of carbonyl (C=O) groups is 2. The Labute approximate surface area is 210 Å². The van der Waals surface area contributed by atoms with Crippen LogP contribution in [0.3, 0.4) is 0 Å². The number of carbonyl (C=O) groups excluding carboxylic acids is 2. The third-order valence-corrected chi connectivity index (χ3v) is 9.64. The first-order valence-electron chi connectivity index (χ1n) is 11.2. The van der Waals surface area contributed by atoms with Crippen molar-refractivity contribution in [2.45, 2.75) is 48.4 Å². The summed E-state index contributed by atoms with van der Waals surface area (Å²) in [6, 6.07) is 4.76. The second-order valence-electron chi connectivity index (χ2n) is 9.37. The molecule has 1 unspecified atom stereocenters. The Morgan fingerprint density at radius 3 is 2.25 bits per heavy atom. The van der Waals surface area contributed by atoms with Crippen LogP contribution in [-0.4, -0.2) is 42.9 Å². The number of benzene rings is 2. The van der Waals surface area contributed by atoms with Crippen LogP contribution < -0.4 is 5.32 Å². The number of ether oxygens (including phenoxy) is 1. The molecule has 0 aromatic heterocycles. The molecule has 2 bridgehead atoms. The number of nitrogens with one attached hydrogen (secondary N) is 1. The molecular weight excluding hydrogens is 523 g/mol. The first-order valence-corrected chi connectivity index (χ1v) is 13.1. The zero-order valence-corrected chi connectivity index (χ0v) is 20.6. The molecule has 36 heavy (non-hydrogen) atoms. The summed E-state index contributed by atoms with van der Waals surface area (Å²) in [4.78, 5) is 23.6. The molecule has 194 valence electrons. The normalized spacial score (nSPS) is 25.4. The molecule has 0 aliphatic heterocycles. The topological polar surface area (TPSA) is 110 Å². The van der Waals surface area contributed by atoms with E-state index in [9.17, 15) is 36.3 Å². The standard InChI is InChI=1S/C24H23ClF3NO6S/c1-12(30)35-11-24(32)9-14-2-3-15(10-24)22(14)36(33,34)20-6-13(4-5-17(20)25)23(31)29-16-7-18(26)21(28)19(27)8-16/h4-8,14-15,22,32H,2-3,9-11H2,1H3,(H,29,31)/t14-,15?,22-,24-/m1/s1. The van der Waals surface area contributed by atoms with Gasteiger partial charge in [-0.3, -0.25) is 9.59 Å². The summed E-state index contributed by atoms with van der Waals surface area (Å²) in [7, 11) is -4.06. The van der Waals surface area contributed by atoms with Crippen LogP contribution in [0.2, 0.25) is 5.02 Å². The van der Waals surface area contributed by atoms with E-state index in [-0.39, 0.29) is 40.6 Å². The molecule has 4 rings (SSSR count). The number of sulfone groups is 1. The van der Waals surface area contributed by atoms with Gasteiger partial charge in [0.25, 0.3) is 5.91 Å². The molecule has 12 heteroatoms. The number of rotatable bonds is 6. The summed E-state index contributed by atoms with van der Waals surface area (Å²) in [5.41, 5.74) is -1.82. The van der Waals surface area contributed by atoms with Gasteiger partial charge in [-0.25, -0.2) is 21.6 Å².